The van der Waals surface area contributed by atoms with Crippen LogP contribution in [0.5, 0.6) is 0 Å². The average Bonchev–Trinajstić information content (AvgIpc) is 3.21. The van der Waals surface area contributed by atoms with E-state index in [0.717, 1.165) is 12.8 Å². The maximum atomic E-state index is 3.66. The van der Waals surface area contributed by atoms with Crippen LogP contribution in [-0.2, 0) is 5.41 Å². The van der Waals surface area contributed by atoms with Gasteiger partial charge in [0.1, 0.15) is 0 Å². The molecule has 0 aliphatic heterocycles. The Bertz CT molecular complexity index is 812. The van der Waals surface area contributed by atoms with E-state index in [0.29, 0.717) is 0 Å². The van der Waals surface area contributed by atoms with Gasteiger partial charge in [-0.3, -0.25) is 0 Å². The lowest BCUT2D eigenvalue weighted by atomic mass is 9.76. The normalized spacial score (nSPS) is 12.3. The van der Waals surface area contributed by atoms with Gasteiger partial charge in [0.05, 0.1) is 0 Å². The largest absolute Gasteiger partial charge is 0.358 e. The first-order chi connectivity index (χ1) is 11.3. The van der Waals surface area contributed by atoms with Crippen molar-refractivity contribution in [3.8, 4) is 0 Å². The van der Waals surface area contributed by atoms with Crippen LogP contribution < -0.4 is 0 Å². The van der Waals surface area contributed by atoms with E-state index in [-0.39, 0.29) is 5.41 Å². The number of hydrogen-bond acceptors (Lipinski definition) is 0. The highest BCUT2D eigenvalue weighted by Gasteiger charge is 2.33. The zero-order chi connectivity index (χ0) is 15.9. The zero-order valence-corrected chi connectivity index (χ0v) is 13.7. The van der Waals surface area contributed by atoms with Gasteiger partial charge >= 0.3 is 0 Å². The Hall–Kier alpha value is -2.48. The van der Waals surface area contributed by atoms with E-state index >= 15 is 0 Å². The molecule has 0 amide bonds. The van der Waals surface area contributed by atoms with Crippen LogP contribution in [0.3, 0.4) is 0 Å². The maximum absolute atomic E-state index is 3.66. The number of hydrogen-bond donors (Lipinski definition) is 2. The van der Waals surface area contributed by atoms with Gasteiger partial charge in [-0.2, -0.15) is 0 Å². The van der Waals surface area contributed by atoms with Gasteiger partial charge in [-0.25, -0.2) is 0 Å². The molecular weight excluding hydrogens is 280 g/mol. The van der Waals surface area contributed by atoms with E-state index in [1.807, 2.05) is 0 Å². The predicted molar refractivity (Wildman–Crippen MR) is 98.0 cm³/mol. The molecule has 0 spiro atoms. The summed E-state index contributed by atoms with van der Waals surface area (Å²) in [5.74, 6) is 0. The summed E-state index contributed by atoms with van der Waals surface area (Å²) in [6.07, 6.45) is 2.12. The summed E-state index contributed by atoms with van der Waals surface area (Å²) in [5, 5.41) is 2.56. The standard InChI is InChI=1S/C21H22N2/c1-3-21(4-2,19-13-15-9-5-7-11-17(15)22-19)20-14-16-10-6-8-12-18(16)23-20/h5-14,22-23H,3-4H2,1-2H3. The molecule has 0 fully saturated rings. The molecule has 0 saturated heterocycles. The third-order valence-corrected chi connectivity index (χ3v) is 5.30. The van der Waals surface area contributed by atoms with Crippen LogP contribution in [0.4, 0.5) is 0 Å². The first-order valence-corrected chi connectivity index (χ1v) is 8.43. The van der Waals surface area contributed by atoms with Crippen LogP contribution in [0.2, 0.25) is 0 Å². The molecule has 2 nitrogen and oxygen atoms in total. The van der Waals surface area contributed by atoms with Crippen molar-refractivity contribution in [3.05, 3.63) is 72.1 Å². The van der Waals surface area contributed by atoms with E-state index in [4.69, 9.17) is 0 Å². The van der Waals surface area contributed by atoms with Gasteiger partial charge < -0.3 is 9.97 Å². The van der Waals surface area contributed by atoms with Gasteiger partial charge in [-0.15, -0.1) is 0 Å². The highest BCUT2D eigenvalue weighted by molar-refractivity contribution is 5.82. The van der Waals surface area contributed by atoms with Crippen molar-refractivity contribution in [2.75, 3.05) is 0 Å². The van der Waals surface area contributed by atoms with Gasteiger partial charge in [0.15, 0.2) is 0 Å². The molecule has 0 aliphatic rings. The Kier molecular flexibility index (Phi) is 3.26. The fourth-order valence-electron chi connectivity index (χ4n) is 3.82. The molecule has 0 bridgehead atoms. The topological polar surface area (TPSA) is 31.6 Å². The number of aromatic amines is 2. The molecule has 2 aromatic carbocycles. The van der Waals surface area contributed by atoms with E-state index < -0.39 is 0 Å². The molecular formula is C21H22N2. The Labute approximate surface area is 136 Å². The summed E-state index contributed by atoms with van der Waals surface area (Å²) in [6.45, 7) is 4.56. The Morgan fingerprint density at radius 3 is 1.52 bits per heavy atom. The monoisotopic (exact) mass is 302 g/mol. The van der Waals surface area contributed by atoms with E-state index in [2.05, 4.69) is 84.5 Å². The quantitative estimate of drug-likeness (QED) is 0.480. The molecule has 4 aromatic rings. The molecule has 0 atom stereocenters. The molecule has 2 heterocycles. The number of nitrogens with one attached hydrogen (secondary N) is 2. The minimum Gasteiger partial charge on any atom is -0.358 e. The van der Waals surface area contributed by atoms with Gasteiger partial charge in [-0.05, 0) is 47.9 Å². The van der Waals surface area contributed by atoms with Gasteiger partial charge in [0.25, 0.3) is 0 Å². The van der Waals surface area contributed by atoms with Crippen LogP contribution in [-0.4, -0.2) is 9.97 Å². The Balaban J connectivity index is 1.93. The first kappa shape index (κ1) is 14.1. The summed E-state index contributed by atoms with van der Waals surface area (Å²) >= 11 is 0. The fraction of sp³-hybridized carbons (Fsp3) is 0.238. The van der Waals surface area contributed by atoms with E-state index in [9.17, 15) is 0 Å². The molecule has 2 aromatic heterocycles. The SMILES string of the molecule is CCC(CC)(c1cc2ccccc2[nH]1)c1cc2ccccc2[nH]1. The maximum Gasteiger partial charge on any atom is 0.0499 e. The number of aromatic nitrogens is 2. The van der Waals surface area contributed by atoms with Crippen LogP contribution >= 0.6 is 0 Å². The molecule has 116 valence electrons. The molecule has 0 unspecified atom stereocenters. The summed E-state index contributed by atoms with van der Waals surface area (Å²) in [5.41, 5.74) is 5.03. The minimum atomic E-state index is -0.00194. The van der Waals surface area contributed by atoms with Gasteiger partial charge in [0.2, 0.25) is 0 Å². The lowest BCUT2D eigenvalue weighted by Gasteiger charge is -2.30. The zero-order valence-electron chi connectivity index (χ0n) is 13.7. The fourth-order valence-corrected chi connectivity index (χ4v) is 3.82. The van der Waals surface area contributed by atoms with Gasteiger partial charge in [0, 0.05) is 27.8 Å². The number of para-hydroxylation sites is 2. The van der Waals surface area contributed by atoms with Crippen LogP contribution in [0.25, 0.3) is 21.8 Å². The lowest BCUT2D eigenvalue weighted by Crippen LogP contribution is -2.27. The van der Waals surface area contributed by atoms with Crippen molar-refractivity contribution in [1.29, 1.82) is 0 Å². The molecule has 0 saturated carbocycles. The van der Waals surface area contributed by atoms with Crippen molar-refractivity contribution in [2.24, 2.45) is 0 Å². The van der Waals surface area contributed by atoms with Crippen LogP contribution in [0, 0.1) is 0 Å². The van der Waals surface area contributed by atoms with Crippen molar-refractivity contribution in [1.82, 2.24) is 9.97 Å². The second-order valence-electron chi connectivity index (χ2n) is 6.33. The van der Waals surface area contributed by atoms with Gasteiger partial charge in [-0.1, -0.05) is 50.2 Å². The van der Waals surface area contributed by atoms with E-state index in [1.165, 1.54) is 33.2 Å². The van der Waals surface area contributed by atoms with Crippen LogP contribution in [0.15, 0.2) is 60.7 Å². The third kappa shape index (κ3) is 2.09. The molecule has 23 heavy (non-hydrogen) atoms. The number of H-pyrrole nitrogens is 2. The highest BCUT2D eigenvalue weighted by Crippen LogP contribution is 2.40. The number of fused-ring (bicyclic) bond motifs is 2. The lowest BCUT2D eigenvalue weighted by molar-refractivity contribution is 0.457. The number of rotatable bonds is 4. The summed E-state index contributed by atoms with van der Waals surface area (Å²) < 4.78 is 0. The Morgan fingerprint density at radius 2 is 1.13 bits per heavy atom. The molecule has 4 rings (SSSR count). The summed E-state index contributed by atoms with van der Waals surface area (Å²) in [4.78, 5) is 7.32. The van der Waals surface area contributed by atoms with Crippen LogP contribution in [0.1, 0.15) is 38.1 Å². The second kappa shape index (κ2) is 5.31. The van der Waals surface area contributed by atoms with Crippen molar-refractivity contribution in [3.63, 3.8) is 0 Å². The molecule has 2 heteroatoms. The van der Waals surface area contributed by atoms with Crippen molar-refractivity contribution >= 4 is 21.8 Å². The molecule has 0 radical (unpaired) electrons. The minimum absolute atomic E-state index is 0.00194. The molecule has 2 N–H and O–H groups in total. The summed E-state index contributed by atoms with van der Waals surface area (Å²) in [6, 6.07) is 21.7. The first-order valence-electron chi connectivity index (χ1n) is 8.43. The number of benzene rings is 2. The second-order valence-corrected chi connectivity index (χ2v) is 6.33. The smallest absolute Gasteiger partial charge is 0.0499 e. The summed E-state index contributed by atoms with van der Waals surface area (Å²) in [7, 11) is 0. The molecule has 0 aliphatic carbocycles. The Morgan fingerprint density at radius 1 is 0.696 bits per heavy atom. The van der Waals surface area contributed by atoms with Crippen molar-refractivity contribution in [2.45, 2.75) is 32.1 Å². The highest BCUT2D eigenvalue weighted by atomic mass is 14.8. The van der Waals surface area contributed by atoms with E-state index in [1.54, 1.807) is 0 Å². The predicted octanol–water partition coefficient (Wildman–Crippen LogP) is 5.76. The average molecular weight is 302 g/mol. The van der Waals surface area contributed by atoms with Crippen molar-refractivity contribution < 1.29 is 0 Å². The third-order valence-electron chi connectivity index (χ3n) is 5.30.